The number of aliphatic hydroxyl groups excluding tert-OH is 1. The number of rotatable bonds is 3. The minimum absolute atomic E-state index is 0.491. The van der Waals surface area contributed by atoms with Crippen molar-refractivity contribution in [1.29, 1.82) is 0 Å². The number of aryl methyl sites for hydroxylation is 3. The molecule has 2 heteroatoms. The van der Waals surface area contributed by atoms with Crippen LogP contribution in [0.15, 0.2) is 34.9 Å². The topological polar surface area (TPSA) is 33.4 Å². The molecule has 0 aliphatic carbocycles. The molecule has 1 N–H and O–H groups in total. The van der Waals surface area contributed by atoms with Crippen LogP contribution in [0.2, 0.25) is 0 Å². The van der Waals surface area contributed by atoms with Crippen molar-refractivity contribution in [3.05, 3.63) is 58.5 Å². The van der Waals surface area contributed by atoms with Crippen molar-refractivity contribution >= 4 is 0 Å². The molecule has 2 nitrogen and oxygen atoms in total. The van der Waals surface area contributed by atoms with Gasteiger partial charge in [-0.05, 0) is 32.4 Å². The van der Waals surface area contributed by atoms with E-state index in [2.05, 4.69) is 32.0 Å². The van der Waals surface area contributed by atoms with Crippen LogP contribution in [0.5, 0.6) is 0 Å². The molecule has 2 rings (SSSR count). The molecule has 17 heavy (non-hydrogen) atoms. The molecule has 0 spiro atoms. The average molecular weight is 230 g/mol. The van der Waals surface area contributed by atoms with Crippen molar-refractivity contribution < 1.29 is 9.52 Å². The van der Waals surface area contributed by atoms with Gasteiger partial charge in [0.25, 0.3) is 0 Å². The summed E-state index contributed by atoms with van der Waals surface area (Å²) in [7, 11) is 0. The minimum Gasteiger partial charge on any atom is -0.469 e. The minimum atomic E-state index is -0.491. The Morgan fingerprint density at radius 3 is 2.29 bits per heavy atom. The molecular formula is C15H18O2. The zero-order chi connectivity index (χ0) is 12.4. The Hall–Kier alpha value is -1.54. The van der Waals surface area contributed by atoms with Crippen LogP contribution >= 0.6 is 0 Å². The summed E-state index contributed by atoms with van der Waals surface area (Å²) in [6.45, 7) is 6.03. The predicted octanol–water partition coefficient (Wildman–Crippen LogP) is 3.48. The summed E-state index contributed by atoms with van der Waals surface area (Å²) in [5.74, 6) is 0.793. The maximum atomic E-state index is 10.2. The molecule has 0 radical (unpaired) electrons. The van der Waals surface area contributed by atoms with E-state index in [0.717, 1.165) is 16.9 Å². The second-order valence-electron chi connectivity index (χ2n) is 4.65. The lowest BCUT2D eigenvalue weighted by molar-refractivity contribution is 0.176. The van der Waals surface area contributed by atoms with E-state index < -0.39 is 6.10 Å². The maximum Gasteiger partial charge on any atom is 0.106 e. The third-order valence-electron chi connectivity index (χ3n) is 2.97. The first-order valence-electron chi connectivity index (χ1n) is 5.85. The van der Waals surface area contributed by atoms with E-state index in [0.29, 0.717) is 6.42 Å². The first-order chi connectivity index (χ1) is 8.06. The molecule has 1 aromatic heterocycles. The van der Waals surface area contributed by atoms with Gasteiger partial charge in [-0.25, -0.2) is 0 Å². The Balaban J connectivity index is 2.18. The summed E-state index contributed by atoms with van der Waals surface area (Å²) in [4.78, 5) is 0. The molecule has 0 bridgehead atoms. The van der Waals surface area contributed by atoms with Gasteiger partial charge >= 0.3 is 0 Å². The van der Waals surface area contributed by atoms with Crippen LogP contribution in [-0.4, -0.2) is 5.11 Å². The molecule has 1 atom stereocenters. The van der Waals surface area contributed by atoms with E-state index >= 15 is 0 Å². The lowest BCUT2D eigenvalue weighted by atomic mass is 9.99. The molecule has 0 fully saturated rings. The molecule has 1 unspecified atom stereocenters. The Kier molecular flexibility index (Phi) is 3.34. The lowest BCUT2D eigenvalue weighted by Crippen LogP contribution is -2.02. The third-order valence-corrected chi connectivity index (χ3v) is 2.97. The molecule has 90 valence electrons. The molecular weight excluding hydrogens is 212 g/mol. The van der Waals surface area contributed by atoms with E-state index in [-0.39, 0.29) is 0 Å². The van der Waals surface area contributed by atoms with Crippen molar-refractivity contribution in [2.75, 3.05) is 0 Å². The van der Waals surface area contributed by atoms with E-state index in [1.807, 2.05) is 13.0 Å². The van der Waals surface area contributed by atoms with Crippen LogP contribution in [0.1, 0.15) is 34.1 Å². The Morgan fingerprint density at radius 1 is 1.12 bits per heavy atom. The summed E-state index contributed by atoms with van der Waals surface area (Å²) < 4.78 is 5.21. The largest absolute Gasteiger partial charge is 0.469 e. The van der Waals surface area contributed by atoms with Crippen molar-refractivity contribution in [1.82, 2.24) is 0 Å². The van der Waals surface area contributed by atoms with E-state index in [1.54, 1.807) is 6.26 Å². The van der Waals surface area contributed by atoms with Gasteiger partial charge in [0.15, 0.2) is 0 Å². The summed E-state index contributed by atoms with van der Waals surface area (Å²) in [5.41, 5.74) is 4.51. The standard InChI is InChI=1S/C15H18O2/c1-10-6-11(2)8-13(7-10)9-15(16)14-4-5-17-12(14)3/h4-8,15-16H,9H2,1-3H3. The predicted molar refractivity (Wildman–Crippen MR) is 68.0 cm³/mol. The molecule has 1 heterocycles. The molecule has 0 saturated heterocycles. The van der Waals surface area contributed by atoms with Gasteiger partial charge in [-0.2, -0.15) is 0 Å². The highest BCUT2D eigenvalue weighted by Crippen LogP contribution is 2.23. The zero-order valence-corrected chi connectivity index (χ0v) is 10.5. The fourth-order valence-corrected chi connectivity index (χ4v) is 2.26. The number of hydrogen-bond donors (Lipinski definition) is 1. The van der Waals surface area contributed by atoms with E-state index in [1.165, 1.54) is 11.1 Å². The van der Waals surface area contributed by atoms with Crippen molar-refractivity contribution in [2.45, 2.75) is 33.3 Å². The Labute approximate surface area is 102 Å². The third kappa shape index (κ3) is 2.77. The second kappa shape index (κ2) is 4.76. The zero-order valence-electron chi connectivity index (χ0n) is 10.5. The molecule has 1 aromatic carbocycles. The smallest absolute Gasteiger partial charge is 0.106 e. The molecule has 2 aromatic rings. The molecule has 0 aliphatic rings. The van der Waals surface area contributed by atoms with Gasteiger partial charge < -0.3 is 9.52 Å². The van der Waals surface area contributed by atoms with Crippen LogP contribution in [0.3, 0.4) is 0 Å². The summed E-state index contributed by atoms with van der Waals surface area (Å²) in [5, 5.41) is 10.2. The second-order valence-corrected chi connectivity index (χ2v) is 4.65. The average Bonchev–Trinajstić information content (AvgIpc) is 2.62. The normalized spacial score (nSPS) is 12.7. The fourth-order valence-electron chi connectivity index (χ4n) is 2.26. The van der Waals surface area contributed by atoms with Gasteiger partial charge in [-0.3, -0.25) is 0 Å². The molecule has 0 amide bonds. The van der Waals surface area contributed by atoms with Crippen molar-refractivity contribution in [3.63, 3.8) is 0 Å². The number of hydrogen-bond acceptors (Lipinski definition) is 2. The van der Waals surface area contributed by atoms with Crippen LogP contribution in [0, 0.1) is 20.8 Å². The highest BCUT2D eigenvalue weighted by Gasteiger charge is 2.13. The maximum absolute atomic E-state index is 10.2. The van der Waals surface area contributed by atoms with Crippen LogP contribution in [0.4, 0.5) is 0 Å². The Morgan fingerprint density at radius 2 is 1.76 bits per heavy atom. The van der Waals surface area contributed by atoms with Crippen molar-refractivity contribution in [3.8, 4) is 0 Å². The number of aliphatic hydroxyl groups is 1. The molecule has 0 aliphatic heterocycles. The first-order valence-corrected chi connectivity index (χ1v) is 5.85. The number of benzene rings is 1. The van der Waals surface area contributed by atoms with Crippen LogP contribution in [0.25, 0.3) is 0 Å². The van der Waals surface area contributed by atoms with Crippen LogP contribution < -0.4 is 0 Å². The van der Waals surface area contributed by atoms with Gasteiger partial charge in [0.05, 0.1) is 12.4 Å². The monoisotopic (exact) mass is 230 g/mol. The van der Waals surface area contributed by atoms with Gasteiger partial charge in [-0.1, -0.05) is 29.3 Å². The summed E-state index contributed by atoms with van der Waals surface area (Å²) in [6, 6.07) is 8.21. The fraction of sp³-hybridized carbons (Fsp3) is 0.333. The highest BCUT2D eigenvalue weighted by molar-refractivity contribution is 5.30. The van der Waals surface area contributed by atoms with E-state index in [9.17, 15) is 5.11 Å². The highest BCUT2D eigenvalue weighted by atomic mass is 16.3. The van der Waals surface area contributed by atoms with Gasteiger partial charge in [0.1, 0.15) is 5.76 Å². The summed E-state index contributed by atoms with van der Waals surface area (Å²) >= 11 is 0. The summed E-state index contributed by atoms with van der Waals surface area (Å²) in [6.07, 6.45) is 1.76. The molecule has 0 saturated carbocycles. The Bertz CT molecular complexity index is 491. The first kappa shape index (κ1) is 11.9. The van der Waals surface area contributed by atoms with E-state index in [4.69, 9.17) is 4.42 Å². The lowest BCUT2D eigenvalue weighted by Gasteiger charge is -2.11. The quantitative estimate of drug-likeness (QED) is 0.875. The SMILES string of the molecule is Cc1cc(C)cc(CC(O)c2ccoc2C)c1. The van der Waals surface area contributed by atoms with Crippen LogP contribution in [-0.2, 0) is 6.42 Å². The number of furan rings is 1. The van der Waals surface area contributed by atoms with Crippen molar-refractivity contribution in [2.24, 2.45) is 0 Å². The van der Waals surface area contributed by atoms with Gasteiger partial charge in [0.2, 0.25) is 0 Å². The van der Waals surface area contributed by atoms with Gasteiger partial charge in [0, 0.05) is 12.0 Å². The van der Waals surface area contributed by atoms with Gasteiger partial charge in [-0.15, -0.1) is 0 Å².